The number of pyridine rings is 2. The lowest BCUT2D eigenvalue weighted by atomic mass is 9.92. The lowest BCUT2D eigenvalue weighted by Gasteiger charge is -2.33. The van der Waals surface area contributed by atoms with Crippen LogP contribution < -0.4 is 10.2 Å². The number of nitrogens with zero attached hydrogens (tertiary/aromatic N) is 6. The van der Waals surface area contributed by atoms with Crippen molar-refractivity contribution in [2.45, 2.75) is 51.1 Å². The lowest BCUT2D eigenvalue weighted by molar-refractivity contribution is 0.0690. The van der Waals surface area contributed by atoms with Gasteiger partial charge >= 0.3 is 5.97 Å². The summed E-state index contributed by atoms with van der Waals surface area (Å²) in [5.41, 5.74) is 4.85. The molecule has 6 heterocycles. The van der Waals surface area contributed by atoms with Crippen molar-refractivity contribution in [3.05, 3.63) is 90.1 Å². The van der Waals surface area contributed by atoms with Crippen molar-refractivity contribution in [3.63, 3.8) is 0 Å². The number of aromatic nitrogens is 5. The van der Waals surface area contributed by atoms with Crippen LogP contribution in [0, 0.1) is 5.92 Å². The Bertz CT molecular complexity index is 1870. The fourth-order valence-corrected chi connectivity index (χ4v) is 6.95. The van der Waals surface area contributed by atoms with Crippen LogP contribution in [0.1, 0.15) is 71.1 Å². The highest BCUT2D eigenvalue weighted by atomic mass is 16.4. The van der Waals surface area contributed by atoms with E-state index in [0.29, 0.717) is 23.3 Å². The van der Waals surface area contributed by atoms with E-state index in [9.17, 15) is 14.7 Å². The van der Waals surface area contributed by atoms with E-state index in [-0.39, 0.29) is 11.6 Å². The normalized spacial score (nSPS) is 17.4. The summed E-state index contributed by atoms with van der Waals surface area (Å²) in [7, 11) is 2.16. The summed E-state index contributed by atoms with van der Waals surface area (Å²) in [6.45, 7) is 3.73. The zero-order valence-corrected chi connectivity index (χ0v) is 26.6. The van der Waals surface area contributed by atoms with Crippen LogP contribution in [0.15, 0.2) is 73.2 Å². The Kier molecular flexibility index (Phi) is 8.71. The minimum Gasteiger partial charge on any atom is -0.477 e. The summed E-state index contributed by atoms with van der Waals surface area (Å²) in [6.07, 6.45) is 12.4. The number of fused-ring (bicyclic) bond motifs is 1. The molecule has 1 aromatic carbocycles. The van der Waals surface area contributed by atoms with E-state index in [1.54, 1.807) is 6.07 Å². The van der Waals surface area contributed by atoms with Crippen LogP contribution in [0.25, 0.3) is 22.0 Å². The number of carbonyl (C=O) groups is 2. The third-order valence-electron chi connectivity index (χ3n) is 9.65. The molecule has 0 spiro atoms. The Hall–Kier alpha value is -5.03. The van der Waals surface area contributed by atoms with Crippen LogP contribution in [0.4, 0.5) is 11.6 Å². The number of aromatic carboxylic acids is 1. The first-order chi connectivity index (χ1) is 22.9. The Morgan fingerprint density at radius 3 is 2.60 bits per heavy atom. The lowest BCUT2D eigenvalue weighted by Crippen LogP contribution is -2.34. The zero-order chi connectivity index (χ0) is 32.3. The summed E-state index contributed by atoms with van der Waals surface area (Å²) in [5.74, 6) is 0.711. The number of nitrogens with one attached hydrogen (secondary N) is 2. The summed E-state index contributed by atoms with van der Waals surface area (Å²) >= 11 is 0. The molecule has 3 N–H and O–H groups in total. The maximum atomic E-state index is 13.0. The van der Waals surface area contributed by atoms with Crippen LogP contribution >= 0.6 is 0 Å². The summed E-state index contributed by atoms with van der Waals surface area (Å²) < 4.78 is 1.99. The highest BCUT2D eigenvalue weighted by Gasteiger charge is 2.24. The minimum atomic E-state index is -0.996. The van der Waals surface area contributed by atoms with Gasteiger partial charge in [-0.25, -0.2) is 14.8 Å². The summed E-state index contributed by atoms with van der Waals surface area (Å²) in [4.78, 5) is 41.1. The number of anilines is 2. The average Bonchev–Trinajstić information content (AvgIpc) is 3.85. The molecule has 0 unspecified atom stereocenters. The largest absolute Gasteiger partial charge is 0.477 e. The first kappa shape index (κ1) is 30.6. The fourth-order valence-electron chi connectivity index (χ4n) is 6.95. The molecule has 4 aromatic heterocycles. The van der Waals surface area contributed by atoms with Crippen molar-refractivity contribution in [1.29, 1.82) is 0 Å². The van der Waals surface area contributed by atoms with Crippen LogP contribution in [0.5, 0.6) is 0 Å². The quantitative estimate of drug-likeness (QED) is 0.165. The molecule has 2 fully saturated rings. The SMILES string of the molecule is CN1CCC[C@@H]1c1cc2cnc(NC(=O)c3ccc(-c4cnn(CCCC5CCN(c6cccc(C(=O)O)n6)CC5)c4)cc3)cc2[nH]1. The van der Waals surface area contributed by atoms with Crippen molar-refractivity contribution >= 4 is 34.4 Å². The molecular weight excluding hydrogens is 592 g/mol. The van der Waals surface area contributed by atoms with Crippen molar-refractivity contribution in [2.24, 2.45) is 5.92 Å². The third kappa shape index (κ3) is 6.90. The van der Waals surface area contributed by atoms with Gasteiger partial charge in [-0.05, 0) is 93.9 Å². The van der Waals surface area contributed by atoms with E-state index in [1.807, 2.05) is 53.5 Å². The van der Waals surface area contributed by atoms with E-state index in [0.717, 1.165) is 86.1 Å². The molecule has 1 atom stereocenters. The van der Waals surface area contributed by atoms with Crippen molar-refractivity contribution in [2.75, 3.05) is 36.9 Å². The van der Waals surface area contributed by atoms with Gasteiger partial charge in [0.1, 0.15) is 11.6 Å². The number of aromatic amines is 1. The molecular formula is C36H40N8O3. The van der Waals surface area contributed by atoms with Gasteiger partial charge in [0.15, 0.2) is 5.69 Å². The number of carboxylic acids is 1. The van der Waals surface area contributed by atoms with Crippen LogP contribution in [0.2, 0.25) is 0 Å². The van der Waals surface area contributed by atoms with Gasteiger partial charge in [-0.2, -0.15) is 5.10 Å². The number of likely N-dealkylation sites (tertiary alicyclic amines) is 1. The van der Waals surface area contributed by atoms with Crippen molar-refractivity contribution in [1.82, 2.24) is 29.6 Å². The molecule has 2 saturated heterocycles. The van der Waals surface area contributed by atoms with Gasteiger partial charge in [0, 0.05) is 66.3 Å². The summed E-state index contributed by atoms with van der Waals surface area (Å²) in [5, 5.41) is 17.8. The van der Waals surface area contributed by atoms with Gasteiger partial charge in [0.25, 0.3) is 5.91 Å². The Labute approximate surface area is 273 Å². The Morgan fingerprint density at radius 1 is 1.00 bits per heavy atom. The molecule has 0 saturated carbocycles. The smallest absolute Gasteiger partial charge is 0.354 e. The van der Waals surface area contributed by atoms with Crippen LogP contribution in [-0.2, 0) is 6.54 Å². The molecule has 0 bridgehead atoms. The Morgan fingerprint density at radius 2 is 1.83 bits per heavy atom. The van der Waals surface area contributed by atoms with Gasteiger partial charge < -0.3 is 20.3 Å². The van der Waals surface area contributed by atoms with E-state index < -0.39 is 5.97 Å². The van der Waals surface area contributed by atoms with Gasteiger partial charge in [-0.3, -0.25) is 14.4 Å². The molecule has 11 nitrogen and oxygen atoms in total. The summed E-state index contributed by atoms with van der Waals surface area (Å²) in [6, 6.07) is 17.2. The number of aryl methyl sites for hydroxylation is 1. The van der Waals surface area contributed by atoms with E-state index in [2.05, 4.69) is 54.5 Å². The fraction of sp³-hybridized carbons (Fsp3) is 0.361. The molecule has 7 rings (SSSR count). The number of hydrogen-bond acceptors (Lipinski definition) is 7. The minimum absolute atomic E-state index is 0.0877. The highest BCUT2D eigenvalue weighted by Crippen LogP contribution is 2.32. The molecule has 5 aromatic rings. The number of hydrogen-bond donors (Lipinski definition) is 3. The first-order valence-corrected chi connectivity index (χ1v) is 16.5. The number of carbonyl (C=O) groups excluding carboxylic acids is 1. The number of H-pyrrole nitrogens is 1. The molecule has 47 heavy (non-hydrogen) atoms. The van der Waals surface area contributed by atoms with E-state index in [1.165, 1.54) is 18.2 Å². The third-order valence-corrected chi connectivity index (χ3v) is 9.65. The molecule has 0 radical (unpaired) electrons. The standard InChI is InChI=1S/C36H40N8O3/c1-42-15-4-7-32(42)31-19-27-21-37-33(20-30(27)39-31)41-35(45)26-11-9-25(10-12-26)28-22-38-44(23-28)16-3-5-24-13-17-43(18-14-24)34-8-2-6-29(40-34)36(46)47/h2,6,8-12,19-24,32,39H,3-5,7,13-18H2,1H3,(H,46,47)(H,37,41,45)/t32-/m1/s1. The second-order valence-corrected chi connectivity index (χ2v) is 12.8. The van der Waals surface area contributed by atoms with Gasteiger partial charge in [-0.1, -0.05) is 18.2 Å². The average molecular weight is 633 g/mol. The maximum absolute atomic E-state index is 13.0. The van der Waals surface area contributed by atoms with Crippen LogP contribution in [-0.4, -0.2) is 73.3 Å². The highest BCUT2D eigenvalue weighted by molar-refractivity contribution is 6.04. The van der Waals surface area contributed by atoms with E-state index in [4.69, 9.17) is 0 Å². The van der Waals surface area contributed by atoms with E-state index >= 15 is 0 Å². The van der Waals surface area contributed by atoms with Crippen molar-refractivity contribution in [3.8, 4) is 11.1 Å². The van der Waals surface area contributed by atoms with Gasteiger partial charge in [-0.15, -0.1) is 0 Å². The molecule has 11 heteroatoms. The second kappa shape index (κ2) is 13.4. The number of piperidine rings is 1. The monoisotopic (exact) mass is 632 g/mol. The molecule has 1 amide bonds. The predicted octanol–water partition coefficient (Wildman–Crippen LogP) is 6.24. The molecule has 2 aliphatic rings. The first-order valence-electron chi connectivity index (χ1n) is 16.5. The number of benzene rings is 1. The topological polar surface area (TPSA) is 132 Å². The second-order valence-electron chi connectivity index (χ2n) is 12.8. The predicted molar refractivity (Wildman–Crippen MR) is 182 cm³/mol. The molecule has 242 valence electrons. The number of rotatable bonds is 10. The number of amides is 1. The van der Waals surface area contributed by atoms with Crippen LogP contribution in [0.3, 0.4) is 0 Å². The molecule has 2 aliphatic heterocycles. The van der Waals surface area contributed by atoms with Gasteiger partial charge in [0.05, 0.1) is 11.7 Å². The Balaban J connectivity index is 0.885. The number of carboxylic acid groups (broad SMARTS) is 1. The molecule has 0 aliphatic carbocycles. The maximum Gasteiger partial charge on any atom is 0.354 e. The van der Waals surface area contributed by atoms with Crippen molar-refractivity contribution < 1.29 is 14.7 Å². The zero-order valence-electron chi connectivity index (χ0n) is 26.6. The van der Waals surface area contributed by atoms with Gasteiger partial charge in [0.2, 0.25) is 0 Å².